The summed E-state index contributed by atoms with van der Waals surface area (Å²) in [5, 5.41) is 0.173. The molecule has 0 radical (unpaired) electrons. The Morgan fingerprint density at radius 3 is 2.75 bits per heavy atom. The zero-order valence-corrected chi connectivity index (χ0v) is 24.1. The molecule has 0 saturated heterocycles. The number of rotatable bonds is 11. The Morgan fingerprint density at radius 1 is 1.25 bits per heavy atom. The lowest BCUT2D eigenvalue weighted by Crippen LogP contribution is -2.40. The molecule has 40 heavy (non-hydrogen) atoms. The third-order valence-electron chi connectivity index (χ3n) is 6.36. The first-order valence-corrected chi connectivity index (χ1v) is 14.0. The molecule has 0 amide bonds. The number of aromatic nitrogens is 1. The van der Waals surface area contributed by atoms with Gasteiger partial charge in [0.1, 0.15) is 12.4 Å². The van der Waals surface area contributed by atoms with E-state index in [9.17, 15) is 14.0 Å². The average molecular weight is 585 g/mol. The predicted octanol–water partition coefficient (Wildman–Crippen LogP) is 5.33. The molecule has 2 heterocycles. The summed E-state index contributed by atoms with van der Waals surface area (Å²) in [6.07, 6.45) is 5.90. The van der Waals surface area contributed by atoms with Crippen LogP contribution in [0.25, 0.3) is 6.08 Å². The van der Waals surface area contributed by atoms with E-state index in [4.69, 9.17) is 25.8 Å². The Balaban J connectivity index is 1.88. The summed E-state index contributed by atoms with van der Waals surface area (Å²) in [5.74, 6) is -0.168. The molecule has 1 unspecified atom stereocenters. The van der Waals surface area contributed by atoms with Gasteiger partial charge in [-0.3, -0.25) is 9.36 Å². The van der Waals surface area contributed by atoms with Crippen molar-refractivity contribution in [2.75, 3.05) is 20.3 Å². The van der Waals surface area contributed by atoms with Gasteiger partial charge in [0.15, 0.2) is 16.3 Å². The number of allylic oxidation sites excluding steroid dienone is 1. The number of ether oxygens (including phenoxy) is 3. The van der Waals surface area contributed by atoms with Crippen molar-refractivity contribution >= 4 is 35.0 Å². The highest BCUT2D eigenvalue weighted by Crippen LogP contribution is 2.36. The highest BCUT2D eigenvalue weighted by atomic mass is 35.5. The van der Waals surface area contributed by atoms with Gasteiger partial charge in [-0.15, -0.1) is 0 Å². The maximum atomic E-state index is 14.5. The molecule has 0 N–H and O–H groups in total. The third kappa shape index (κ3) is 6.05. The minimum atomic E-state index is -0.880. The Bertz CT molecular complexity index is 1620. The molecule has 10 heteroatoms. The SMILES string of the molecule is C=CCOC(=O)C1=C(C)N=c2sc(=Cc3c(F)cccc3Cl)c(=O)n2C1c1ccc(OCCCCC)c(OC)c1. The second kappa shape index (κ2) is 13.1. The molecular weight excluding hydrogens is 555 g/mol. The number of hydrogen-bond acceptors (Lipinski definition) is 7. The largest absolute Gasteiger partial charge is 0.493 e. The molecule has 1 atom stereocenters. The lowest BCUT2D eigenvalue weighted by molar-refractivity contribution is -0.138. The number of benzene rings is 2. The van der Waals surface area contributed by atoms with Crippen molar-refractivity contribution < 1.29 is 23.4 Å². The molecule has 0 bridgehead atoms. The van der Waals surface area contributed by atoms with Crippen LogP contribution in [0, 0.1) is 5.82 Å². The lowest BCUT2D eigenvalue weighted by Gasteiger charge is -2.25. The van der Waals surface area contributed by atoms with E-state index in [1.165, 1.54) is 36.0 Å². The second-order valence-electron chi connectivity index (χ2n) is 9.07. The summed E-state index contributed by atoms with van der Waals surface area (Å²) in [4.78, 5) is 32.0. The number of carbonyl (C=O) groups is 1. The first-order valence-electron chi connectivity index (χ1n) is 12.9. The third-order valence-corrected chi connectivity index (χ3v) is 7.67. The van der Waals surface area contributed by atoms with Crippen LogP contribution in [-0.4, -0.2) is 30.9 Å². The smallest absolute Gasteiger partial charge is 0.338 e. The van der Waals surface area contributed by atoms with E-state index in [1.54, 1.807) is 31.2 Å². The van der Waals surface area contributed by atoms with E-state index in [2.05, 4.69) is 18.5 Å². The molecule has 1 aliphatic heterocycles. The van der Waals surface area contributed by atoms with Gasteiger partial charge in [0, 0.05) is 5.56 Å². The van der Waals surface area contributed by atoms with Gasteiger partial charge in [0.2, 0.25) is 0 Å². The number of hydrogen-bond donors (Lipinski definition) is 0. The van der Waals surface area contributed by atoms with Crippen LogP contribution in [0.4, 0.5) is 4.39 Å². The van der Waals surface area contributed by atoms with E-state index in [1.807, 2.05) is 0 Å². The van der Waals surface area contributed by atoms with Crippen molar-refractivity contribution in [3.8, 4) is 11.5 Å². The van der Waals surface area contributed by atoms with Crippen molar-refractivity contribution in [3.05, 3.63) is 102 Å². The highest BCUT2D eigenvalue weighted by molar-refractivity contribution is 7.07. The van der Waals surface area contributed by atoms with Crippen LogP contribution in [0.5, 0.6) is 11.5 Å². The van der Waals surface area contributed by atoms with Gasteiger partial charge in [0.05, 0.1) is 40.6 Å². The maximum absolute atomic E-state index is 14.5. The second-order valence-corrected chi connectivity index (χ2v) is 10.5. The molecular formula is C30H30ClFN2O5S. The van der Waals surface area contributed by atoms with Crippen LogP contribution in [0.3, 0.4) is 0 Å². The monoisotopic (exact) mass is 584 g/mol. The fraction of sp³-hybridized carbons (Fsp3) is 0.300. The van der Waals surface area contributed by atoms with Gasteiger partial charge < -0.3 is 14.2 Å². The summed E-state index contributed by atoms with van der Waals surface area (Å²) >= 11 is 7.30. The van der Waals surface area contributed by atoms with Crippen molar-refractivity contribution in [1.29, 1.82) is 0 Å². The number of methoxy groups -OCH3 is 1. The average Bonchev–Trinajstić information content (AvgIpc) is 3.25. The van der Waals surface area contributed by atoms with E-state index in [0.29, 0.717) is 34.2 Å². The maximum Gasteiger partial charge on any atom is 0.338 e. The molecule has 0 spiro atoms. The Labute approximate surface area is 240 Å². The normalized spacial score (nSPS) is 14.9. The molecule has 7 nitrogen and oxygen atoms in total. The zero-order valence-electron chi connectivity index (χ0n) is 22.5. The van der Waals surface area contributed by atoms with Crippen LogP contribution in [0.2, 0.25) is 5.02 Å². The summed E-state index contributed by atoms with van der Waals surface area (Å²) in [7, 11) is 1.53. The topological polar surface area (TPSA) is 79.1 Å². The van der Waals surface area contributed by atoms with Crippen molar-refractivity contribution in [1.82, 2.24) is 4.57 Å². The van der Waals surface area contributed by atoms with E-state index >= 15 is 0 Å². The quantitative estimate of drug-likeness (QED) is 0.173. The van der Waals surface area contributed by atoms with E-state index in [-0.39, 0.29) is 27.3 Å². The number of nitrogens with zero attached hydrogens (tertiary/aromatic N) is 2. The van der Waals surface area contributed by atoms with Crippen LogP contribution in [-0.2, 0) is 9.53 Å². The Morgan fingerprint density at radius 2 is 2.05 bits per heavy atom. The summed E-state index contributed by atoms with van der Waals surface area (Å²) in [5.41, 5.74) is 0.833. The Kier molecular flexibility index (Phi) is 9.60. The zero-order chi connectivity index (χ0) is 28.8. The van der Waals surface area contributed by atoms with Crippen molar-refractivity contribution in [2.45, 2.75) is 39.2 Å². The molecule has 4 rings (SSSR count). The van der Waals surface area contributed by atoms with Crippen LogP contribution in [0.15, 0.2) is 70.1 Å². The number of thiazole rings is 1. The number of fused-ring (bicyclic) bond motifs is 1. The van der Waals surface area contributed by atoms with Gasteiger partial charge in [-0.1, -0.05) is 67.5 Å². The van der Waals surface area contributed by atoms with Crippen LogP contribution in [0.1, 0.15) is 50.3 Å². The molecule has 210 valence electrons. The van der Waals surface area contributed by atoms with Crippen molar-refractivity contribution in [3.63, 3.8) is 0 Å². The van der Waals surface area contributed by atoms with Crippen LogP contribution < -0.4 is 24.4 Å². The predicted molar refractivity (Wildman–Crippen MR) is 154 cm³/mol. The molecule has 1 aliphatic rings. The molecule has 3 aromatic rings. The molecule has 0 aliphatic carbocycles. The lowest BCUT2D eigenvalue weighted by atomic mass is 9.95. The first-order chi connectivity index (χ1) is 19.3. The number of carbonyl (C=O) groups excluding carboxylic acids is 1. The molecule has 0 fully saturated rings. The number of unbranched alkanes of at least 4 members (excludes halogenated alkanes) is 2. The number of halogens is 2. The van der Waals surface area contributed by atoms with Gasteiger partial charge in [0.25, 0.3) is 5.56 Å². The van der Waals surface area contributed by atoms with E-state index in [0.717, 1.165) is 30.6 Å². The fourth-order valence-corrected chi connectivity index (χ4v) is 5.64. The van der Waals surface area contributed by atoms with Gasteiger partial charge >= 0.3 is 5.97 Å². The summed E-state index contributed by atoms with van der Waals surface area (Å²) in [6, 6.07) is 8.72. The fourth-order valence-electron chi connectivity index (χ4n) is 4.40. The van der Waals surface area contributed by atoms with Crippen LogP contribution >= 0.6 is 22.9 Å². The highest BCUT2D eigenvalue weighted by Gasteiger charge is 2.34. The minimum Gasteiger partial charge on any atom is -0.493 e. The molecule has 0 saturated carbocycles. The Hall–Kier alpha value is -3.69. The van der Waals surface area contributed by atoms with Crippen molar-refractivity contribution in [2.24, 2.45) is 4.99 Å². The summed E-state index contributed by atoms with van der Waals surface area (Å²) < 4.78 is 33.1. The first kappa shape index (κ1) is 29.3. The van der Waals surface area contributed by atoms with E-state index < -0.39 is 23.4 Å². The van der Waals surface area contributed by atoms with Gasteiger partial charge in [-0.05, 0) is 49.2 Å². The molecule has 2 aromatic carbocycles. The molecule has 1 aromatic heterocycles. The number of esters is 1. The standard InChI is InChI=1S/C30H30ClFN2O5S/c1-5-7-8-15-38-23-13-12-19(16-24(23)37-4)27-26(29(36)39-14-6-2)18(3)33-30-34(27)28(35)25(40-30)17-20-21(31)10-9-11-22(20)32/h6,9-13,16-17,27H,2,5,7-8,14-15H2,1,3-4H3. The van der Waals surface area contributed by atoms with Gasteiger partial charge in [-0.25, -0.2) is 14.2 Å². The minimum absolute atomic E-state index is 0.00754. The summed E-state index contributed by atoms with van der Waals surface area (Å²) in [6.45, 7) is 7.94. The van der Waals surface area contributed by atoms with Gasteiger partial charge in [-0.2, -0.15) is 0 Å².